The number of aryl methyl sites for hydroxylation is 1. The topological polar surface area (TPSA) is 89.4 Å². The van der Waals surface area contributed by atoms with Crippen LogP contribution in [0.15, 0.2) is 24.3 Å². The van der Waals surface area contributed by atoms with E-state index in [0.717, 1.165) is 36.3 Å². The highest BCUT2D eigenvalue weighted by Crippen LogP contribution is 2.32. The maximum Gasteiger partial charge on any atom is 0.227 e. The summed E-state index contributed by atoms with van der Waals surface area (Å²) >= 11 is 0. The van der Waals surface area contributed by atoms with E-state index in [1.165, 1.54) is 5.56 Å². The molecule has 1 saturated heterocycles. The molecule has 1 N–H and O–H groups in total. The fourth-order valence-electron chi connectivity index (χ4n) is 4.51. The van der Waals surface area contributed by atoms with Crippen LogP contribution in [0.4, 0.5) is 0 Å². The number of rotatable bonds is 6. The molecular formula is C24H33N5O3. The molecule has 1 aromatic carbocycles. The molecule has 8 nitrogen and oxygen atoms in total. The van der Waals surface area contributed by atoms with Gasteiger partial charge in [-0.2, -0.15) is 0 Å². The predicted molar refractivity (Wildman–Crippen MR) is 120 cm³/mol. The maximum absolute atomic E-state index is 12.9. The number of piperidine rings is 1. The number of nitrogens with zero attached hydrogens (tertiary/aromatic N) is 4. The van der Waals surface area contributed by atoms with Gasteiger partial charge >= 0.3 is 0 Å². The summed E-state index contributed by atoms with van der Waals surface area (Å²) in [4.78, 5) is 26.8. The van der Waals surface area contributed by atoms with Gasteiger partial charge in [0.05, 0.1) is 38.4 Å². The summed E-state index contributed by atoms with van der Waals surface area (Å²) in [5.41, 5.74) is 3.45. The SMILES string of the molecule is Cc1ccc(CC(=O)N2CCCC3(C2)Cn2nnc(CNC(=O)CC(C)C)c2CO3)cc1. The quantitative estimate of drug-likeness (QED) is 0.747. The van der Waals surface area contributed by atoms with Gasteiger partial charge in [0.25, 0.3) is 0 Å². The van der Waals surface area contributed by atoms with Crippen LogP contribution in [0.3, 0.4) is 0 Å². The number of amides is 2. The zero-order valence-corrected chi connectivity index (χ0v) is 19.3. The Labute approximate surface area is 189 Å². The molecule has 2 aromatic rings. The Hall–Kier alpha value is -2.74. The number of aromatic nitrogens is 3. The summed E-state index contributed by atoms with van der Waals surface area (Å²) in [6.07, 6.45) is 2.70. The lowest BCUT2D eigenvalue weighted by atomic mass is 9.90. The van der Waals surface area contributed by atoms with Crippen molar-refractivity contribution in [2.75, 3.05) is 13.1 Å². The van der Waals surface area contributed by atoms with Crippen LogP contribution in [-0.2, 0) is 40.4 Å². The van der Waals surface area contributed by atoms with Crippen molar-refractivity contribution in [3.05, 3.63) is 46.8 Å². The number of likely N-dealkylation sites (tertiary alicyclic amines) is 1. The molecule has 0 aliphatic carbocycles. The molecule has 3 heterocycles. The molecule has 32 heavy (non-hydrogen) atoms. The first-order chi connectivity index (χ1) is 15.3. The minimum absolute atomic E-state index is 0.0185. The lowest BCUT2D eigenvalue weighted by Crippen LogP contribution is -2.56. The van der Waals surface area contributed by atoms with Crippen molar-refractivity contribution < 1.29 is 14.3 Å². The normalized spacial score (nSPS) is 20.4. The largest absolute Gasteiger partial charge is 0.365 e. The highest BCUT2D eigenvalue weighted by Gasteiger charge is 2.42. The minimum atomic E-state index is -0.431. The number of ether oxygens (including phenoxy) is 1. The first-order valence-corrected chi connectivity index (χ1v) is 11.5. The Morgan fingerprint density at radius 2 is 2.00 bits per heavy atom. The maximum atomic E-state index is 12.9. The van der Waals surface area contributed by atoms with Gasteiger partial charge in [0.15, 0.2) is 0 Å². The van der Waals surface area contributed by atoms with E-state index in [2.05, 4.69) is 15.6 Å². The second-order valence-electron chi connectivity index (χ2n) is 9.57. The number of fused-ring (bicyclic) bond motifs is 1. The number of hydrogen-bond acceptors (Lipinski definition) is 5. The molecule has 8 heteroatoms. The van der Waals surface area contributed by atoms with Gasteiger partial charge in [0, 0.05) is 13.0 Å². The van der Waals surface area contributed by atoms with Gasteiger partial charge in [-0.3, -0.25) is 9.59 Å². The molecule has 4 rings (SSSR count). The zero-order valence-electron chi connectivity index (χ0n) is 19.3. The monoisotopic (exact) mass is 439 g/mol. The standard InChI is InChI=1S/C24H33N5O3/c1-17(2)11-22(30)25-13-20-21-14-32-24(16-29(21)27-26-20)9-4-10-28(15-24)23(31)12-19-7-5-18(3)6-8-19/h5-8,17H,4,9-16H2,1-3H3,(H,25,30). The van der Waals surface area contributed by atoms with Crippen molar-refractivity contribution in [1.29, 1.82) is 0 Å². The molecule has 0 bridgehead atoms. The van der Waals surface area contributed by atoms with Crippen LogP contribution in [0, 0.1) is 12.8 Å². The van der Waals surface area contributed by atoms with Crippen LogP contribution >= 0.6 is 0 Å². The Morgan fingerprint density at radius 1 is 1.22 bits per heavy atom. The molecule has 172 valence electrons. The van der Waals surface area contributed by atoms with Crippen molar-refractivity contribution in [3.8, 4) is 0 Å². The van der Waals surface area contributed by atoms with Gasteiger partial charge in [-0.05, 0) is 31.2 Å². The first-order valence-electron chi connectivity index (χ1n) is 11.5. The Morgan fingerprint density at radius 3 is 2.75 bits per heavy atom. The second-order valence-corrected chi connectivity index (χ2v) is 9.57. The van der Waals surface area contributed by atoms with Crippen LogP contribution in [0.25, 0.3) is 0 Å². The van der Waals surface area contributed by atoms with E-state index in [1.54, 1.807) is 0 Å². The summed E-state index contributed by atoms with van der Waals surface area (Å²) in [7, 11) is 0. The number of benzene rings is 1. The summed E-state index contributed by atoms with van der Waals surface area (Å²) in [6, 6.07) is 8.12. The van der Waals surface area contributed by atoms with Gasteiger partial charge in [-0.15, -0.1) is 5.10 Å². The van der Waals surface area contributed by atoms with E-state index in [0.29, 0.717) is 45.0 Å². The van der Waals surface area contributed by atoms with Crippen LogP contribution < -0.4 is 5.32 Å². The zero-order chi connectivity index (χ0) is 22.7. The van der Waals surface area contributed by atoms with E-state index >= 15 is 0 Å². The molecule has 1 spiro atoms. The number of nitrogens with one attached hydrogen (secondary N) is 1. The van der Waals surface area contributed by atoms with Gasteiger partial charge < -0.3 is 15.0 Å². The van der Waals surface area contributed by atoms with Crippen LogP contribution in [0.2, 0.25) is 0 Å². The molecule has 1 atom stereocenters. The van der Waals surface area contributed by atoms with Crippen LogP contribution in [0.1, 0.15) is 55.6 Å². The number of carbonyl (C=O) groups is 2. The molecule has 2 aliphatic heterocycles. The third kappa shape index (κ3) is 5.18. The third-order valence-electron chi connectivity index (χ3n) is 6.29. The molecule has 2 aliphatic rings. The molecular weight excluding hydrogens is 406 g/mol. The van der Waals surface area contributed by atoms with E-state index in [4.69, 9.17) is 4.74 Å². The van der Waals surface area contributed by atoms with E-state index in [-0.39, 0.29) is 11.8 Å². The Balaban J connectivity index is 1.37. The molecule has 1 unspecified atom stereocenters. The minimum Gasteiger partial charge on any atom is -0.365 e. The van der Waals surface area contributed by atoms with Crippen molar-refractivity contribution in [2.45, 2.75) is 71.8 Å². The highest BCUT2D eigenvalue weighted by atomic mass is 16.5. The van der Waals surface area contributed by atoms with Crippen LogP contribution in [-0.4, -0.2) is 50.4 Å². The summed E-state index contributed by atoms with van der Waals surface area (Å²) in [5.74, 6) is 0.467. The average Bonchev–Trinajstić information content (AvgIpc) is 3.15. The Kier molecular flexibility index (Phi) is 6.60. The van der Waals surface area contributed by atoms with Gasteiger partial charge in [-0.25, -0.2) is 4.68 Å². The molecule has 0 radical (unpaired) electrons. The fraction of sp³-hybridized carbons (Fsp3) is 0.583. The smallest absolute Gasteiger partial charge is 0.227 e. The average molecular weight is 440 g/mol. The van der Waals surface area contributed by atoms with Crippen molar-refractivity contribution in [3.63, 3.8) is 0 Å². The predicted octanol–water partition coefficient (Wildman–Crippen LogP) is 2.38. The van der Waals surface area contributed by atoms with Crippen LogP contribution in [0.5, 0.6) is 0 Å². The summed E-state index contributed by atoms with van der Waals surface area (Å²) < 4.78 is 8.23. The second kappa shape index (κ2) is 9.40. The van der Waals surface area contributed by atoms with E-state index in [1.807, 2.05) is 54.6 Å². The lowest BCUT2D eigenvalue weighted by Gasteiger charge is -2.44. The highest BCUT2D eigenvalue weighted by molar-refractivity contribution is 5.79. The molecule has 1 aromatic heterocycles. The van der Waals surface area contributed by atoms with Crippen molar-refractivity contribution >= 4 is 11.8 Å². The van der Waals surface area contributed by atoms with Gasteiger partial charge in [0.1, 0.15) is 11.3 Å². The molecule has 2 amide bonds. The molecule has 0 saturated carbocycles. The van der Waals surface area contributed by atoms with Crippen molar-refractivity contribution in [2.24, 2.45) is 5.92 Å². The number of hydrogen-bond donors (Lipinski definition) is 1. The third-order valence-corrected chi connectivity index (χ3v) is 6.29. The molecule has 1 fully saturated rings. The number of carbonyl (C=O) groups excluding carboxylic acids is 2. The fourth-order valence-corrected chi connectivity index (χ4v) is 4.51. The van der Waals surface area contributed by atoms with E-state index < -0.39 is 5.60 Å². The van der Waals surface area contributed by atoms with Gasteiger partial charge in [-0.1, -0.05) is 48.9 Å². The Bertz CT molecular complexity index is 969. The van der Waals surface area contributed by atoms with Gasteiger partial charge in [0.2, 0.25) is 11.8 Å². The summed E-state index contributed by atoms with van der Waals surface area (Å²) in [6.45, 7) is 8.73. The van der Waals surface area contributed by atoms with Crippen molar-refractivity contribution in [1.82, 2.24) is 25.2 Å². The summed E-state index contributed by atoms with van der Waals surface area (Å²) in [5, 5.41) is 11.5. The lowest BCUT2D eigenvalue weighted by molar-refractivity contribution is -0.152. The first kappa shape index (κ1) is 22.5. The van der Waals surface area contributed by atoms with E-state index in [9.17, 15) is 9.59 Å².